The minimum Gasteiger partial charge on any atom is -0.439 e. The first-order chi connectivity index (χ1) is 13.1. The summed E-state index contributed by atoms with van der Waals surface area (Å²) in [6, 6.07) is 11.1. The number of H-pyrrole nitrogens is 1. The molecule has 0 unspecified atom stereocenters. The van der Waals surface area contributed by atoms with Gasteiger partial charge in [-0.15, -0.1) is 0 Å². The highest BCUT2D eigenvalue weighted by Crippen LogP contribution is 2.33. The summed E-state index contributed by atoms with van der Waals surface area (Å²) in [5, 5.41) is 6.61. The van der Waals surface area contributed by atoms with Crippen molar-refractivity contribution in [1.29, 1.82) is 0 Å². The van der Waals surface area contributed by atoms with Crippen LogP contribution in [0.1, 0.15) is 46.5 Å². The molecule has 1 fully saturated rings. The lowest BCUT2D eigenvalue weighted by atomic mass is 10.2. The number of aromatic amines is 1. The van der Waals surface area contributed by atoms with Crippen molar-refractivity contribution in [3.05, 3.63) is 65.4 Å². The van der Waals surface area contributed by atoms with Gasteiger partial charge in [0.05, 0.1) is 6.04 Å². The van der Waals surface area contributed by atoms with Crippen molar-refractivity contribution in [3.63, 3.8) is 0 Å². The molecule has 2 aromatic heterocycles. The molecule has 1 amide bonds. The van der Waals surface area contributed by atoms with Gasteiger partial charge >= 0.3 is 0 Å². The van der Waals surface area contributed by atoms with Gasteiger partial charge in [0.15, 0.2) is 5.82 Å². The summed E-state index contributed by atoms with van der Waals surface area (Å²) < 4.78 is 5.99. The van der Waals surface area contributed by atoms with Crippen LogP contribution in [0.4, 0.5) is 0 Å². The molecule has 0 radical (unpaired) electrons. The summed E-state index contributed by atoms with van der Waals surface area (Å²) in [5.41, 5.74) is 2.32. The molecule has 7 heteroatoms. The Morgan fingerprint density at radius 1 is 1.22 bits per heavy atom. The van der Waals surface area contributed by atoms with E-state index in [9.17, 15) is 4.79 Å². The number of nitrogens with one attached hydrogen (secondary N) is 1. The van der Waals surface area contributed by atoms with E-state index in [1.54, 1.807) is 17.2 Å². The van der Waals surface area contributed by atoms with Crippen LogP contribution >= 0.6 is 0 Å². The van der Waals surface area contributed by atoms with E-state index in [0.29, 0.717) is 23.9 Å². The fourth-order valence-corrected chi connectivity index (χ4v) is 3.35. The number of carbonyl (C=O) groups is 1. The van der Waals surface area contributed by atoms with Crippen LogP contribution in [-0.2, 0) is 0 Å². The van der Waals surface area contributed by atoms with Crippen molar-refractivity contribution < 1.29 is 9.53 Å². The predicted molar refractivity (Wildman–Crippen MR) is 99.6 cm³/mol. The van der Waals surface area contributed by atoms with Crippen LogP contribution in [-0.4, -0.2) is 37.5 Å². The molecule has 0 bridgehead atoms. The summed E-state index contributed by atoms with van der Waals surface area (Å²) in [7, 11) is 0. The van der Waals surface area contributed by atoms with Crippen molar-refractivity contribution >= 4 is 5.91 Å². The number of carbonyl (C=O) groups excluding carboxylic acids is 1. The second-order valence-electron chi connectivity index (χ2n) is 6.70. The zero-order valence-electron chi connectivity index (χ0n) is 15.3. The summed E-state index contributed by atoms with van der Waals surface area (Å²) in [5.74, 6) is 1.79. The van der Waals surface area contributed by atoms with Crippen molar-refractivity contribution in [2.24, 2.45) is 0 Å². The fraction of sp³-hybridized carbons (Fsp3) is 0.300. The standard InChI is InChI=1S/C20H21N5O2/c1-13-6-3-4-8-17(13)27-18-12-14(2)22-19(23-18)16-7-5-11-25(16)20(26)15-9-10-21-24-15/h3-4,6,8-10,12,16H,5,7,11H2,1-2H3,(H,21,24)/t16-/m0/s1. The molecule has 1 N–H and O–H groups in total. The molecule has 1 aliphatic rings. The molecule has 138 valence electrons. The van der Waals surface area contributed by atoms with Gasteiger partial charge in [0.25, 0.3) is 5.91 Å². The van der Waals surface area contributed by atoms with Gasteiger partial charge in [0.2, 0.25) is 5.88 Å². The number of nitrogens with zero attached hydrogens (tertiary/aromatic N) is 4. The first kappa shape index (κ1) is 17.2. The molecule has 3 heterocycles. The molecule has 0 spiro atoms. The minimum absolute atomic E-state index is 0.0820. The van der Waals surface area contributed by atoms with Crippen molar-refractivity contribution in [2.75, 3.05) is 6.54 Å². The number of hydrogen-bond donors (Lipinski definition) is 1. The summed E-state index contributed by atoms with van der Waals surface area (Å²) in [6.07, 6.45) is 3.32. The number of ether oxygens (including phenoxy) is 1. The molecular weight excluding hydrogens is 342 g/mol. The van der Waals surface area contributed by atoms with Gasteiger partial charge in [-0.05, 0) is 44.4 Å². The van der Waals surface area contributed by atoms with Crippen LogP contribution in [0.3, 0.4) is 0 Å². The third-order valence-electron chi connectivity index (χ3n) is 4.70. The van der Waals surface area contributed by atoms with E-state index in [0.717, 1.165) is 29.8 Å². The van der Waals surface area contributed by atoms with Gasteiger partial charge in [0.1, 0.15) is 11.4 Å². The second-order valence-corrected chi connectivity index (χ2v) is 6.70. The third-order valence-corrected chi connectivity index (χ3v) is 4.70. The number of amides is 1. The molecule has 1 aliphatic heterocycles. The van der Waals surface area contributed by atoms with Gasteiger partial charge in [-0.25, -0.2) is 4.98 Å². The lowest BCUT2D eigenvalue weighted by molar-refractivity contribution is 0.0723. The van der Waals surface area contributed by atoms with E-state index >= 15 is 0 Å². The minimum atomic E-state index is -0.167. The molecule has 0 saturated carbocycles. The average molecular weight is 363 g/mol. The van der Waals surface area contributed by atoms with Gasteiger partial charge < -0.3 is 9.64 Å². The van der Waals surface area contributed by atoms with Crippen molar-refractivity contribution in [1.82, 2.24) is 25.1 Å². The number of para-hydroxylation sites is 1. The maximum absolute atomic E-state index is 12.8. The van der Waals surface area contributed by atoms with E-state index < -0.39 is 0 Å². The maximum atomic E-state index is 12.8. The highest BCUT2D eigenvalue weighted by Gasteiger charge is 2.33. The molecular formula is C20H21N5O2. The fourth-order valence-electron chi connectivity index (χ4n) is 3.35. The second kappa shape index (κ2) is 7.19. The third kappa shape index (κ3) is 3.53. The van der Waals surface area contributed by atoms with E-state index in [-0.39, 0.29) is 11.9 Å². The maximum Gasteiger partial charge on any atom is 0.272 e. The Kier molecular flexibility index (Phi) is 4.58. The highest BCUT2D eigenvalue weighted by atomic mass is 16.5. The largest absolute Gasteiger partial charge is 0.439 e. The molecule has 3 aromatic rings. The first-order valence-corrected chi connectivity index (χ1v) is 9.01. The van der Waals surface area contributed by atoms with Crippen LogP contribution in [0.2, 0.25) is 0 Å². The number of likely N-dealkylation sites (tertiary alicyclic amines) is 1. The summed E-state index contributed by atoms with van der Waals surface area (Å²) in [4.78, 5) is 23.8. The van der Waals surface area contributed by atoms with Gasteiger partial charge in [0, 0.05) is 24.5 Å². The highest BCUT2D eigenvalue weighted by molar-refractivity contribution is 5.92. The van der Waals surface area contributed by atoms with Crippen LogP contribution < -0.4 is 4.74 Å². The van der Waals surface area contributed by atoms with Gasteiger partial charge in [-0.2, -0.15) is 10.1 Å². The Morgan fingerprint density at radius 3 is 2.85 bits per heavy atom. The number of aryl methyl sites for hydroxylation is 2. The van der Waals surface area contributed by atoms with E-state index in [1.807, 2.05) is 44.2 Å². The zero-order valence-corrected chi connectivity index (χ0v) is 15.3. The van der Waals surface area contributed by atoms with Crippen LogP contribution in [0.5, 0.6) is 11.6 Å². The topological polar surface area (TPSA) is 84.0 Å². The van der Waals surface area contributed by atoms with Crippen molar-refractivity contribution in [3.8, 4) is 11.6 Å². The molecule has 1 atom stereocenters. The number of aromatic nitrogens is 4. The Labute approximate surface area is 157 Å². The normalized spacial score (nSPS) is 16.5. The molecule has 4 rings (SSSR count). The molecule has 1 saturated heterocycles. The van der Waals surface area contributed by atoms with Crippen LogP contribution in [0, 0.1) is 13.8 Å². The molecule has 0 aliphatic carbocycles. The van der Waals surface area contributed by atoms with Crippen LogP contribution in [0.25, 0.3) is 0 Å². The van der Waals surface area contributed by atoms with E-state index in [2.05, 4.69) is 20.2 Å². The quantitative estimate of drug-likeness (QED) is 0.766. The number of rotatable bonds is 4. The molecule has 7 nitrogen and oxygen atoms in total. The van der Waals surface area contributed by atoms with Gasteiger partial charge in [-0.1, -0.05) is 18.2 Å². The van der Waals surface area contributed by atoms with E-state index in [4.69, 9.17) is 4.74 Å². The Morgan fingerprint density at radius 2 is 2.07 bits per heavy atom. The molecule has 1 aromatic carbocycles. The van der Waals surface area contributed by atoms with E-state index in [1.165, 1.54) is 0 Å². The predicted octanol–water partition coefficient (Wildman–Crippen LogP) is 3.59. The van der Waals surface area contributed by atoms with Gasteiger partial charge in [-0.3, -0.25) is 9.89 Å². The monoisotopic (exact) mass is 363 g/mol. The summed E-state index contributed by atoms with van der Waals surface area (Å²) >= 11 is 0. The van der Waals surface area contributed by atoms with Crippen LogP contribution in [0.15, 0.2) is 42.6 Å². The Bertz CT molecular complexity index is 955. The van der Waals surface area contributed by atoms with Crippen molar-refractivity contribution in [2.45, 2.75) is 32.7 Å². The summed E-state index contributed by atoms with van der Waals surface area (Å²) in [6.45, 7) is 4.58. The number of hydrogen-bond acceptors (Lipinski definition) is 5. The average Bonchev–Trinajstić information content (AvgIpc) is 3.35. The SMILES string of the molecule is Cc1cc(Oc2ccccc2C)nc([C@@H]2CCCN2C(=O)c2ccn[nH]2)n1. The molecule has 27 heavy (non-hydrogen) atoms. The lowest BCUT2D eigenvalue weighted by Crippen LogP contribution is -2.31. The number of benzene rings is 1. The smallest absolute Gasteiger partial charge is 0.272 e. The Balaban J connectivity index is 1.62. The lowest BCUT2D eigenvalue weighted by Gasteiger charge is -2.23. The Hall–Kier alpha value is -3.22. The first-order valence-electron chi connectivity index (χ1n) is 9.01. The zero-order chi connectivity index (χ0) is 18.8.